The van der Waals surface area contributed by atoms with Crippen LogP contribution < -0.4 is 0 Å². The standard InChI is InChI=1S/C17H26N4/c1-19(2)8-9-20-10-12-21(13-11-20)15-17(14-18)16-6-4-3-5-7-16/h3-7,17H,8-13,15H2,1-2H3. The molecule has 1 atom stereocenters. The van der Waals surface area contributed by atoms with E-state index in [9.17, 15) is 5.26 Å². The van der Waals surface area contributed by atoms with Crippen LogP contribution >= 0.6 is 0 Å². The van der Waals surface area contributed by atoms with Gasteiger partial charge in [0, 0.05) is 45.8 Å². The first-order valence-corrected chi connectivity index (χ1v) is 7.73. The van der Waals surface area contributed by atoms with Crippen LogP contribution in [-0.4, -0.2) is 74.6 Å². The van der Waals surface area contributed by atoms with E-state index in [-0.39, 0.29) is 5.92 Å². The van der Waals surface area contributed by atoms with Gasteiger partial charge in [0.1, 0.15) is 0 Å². The van der Waals surface area contributed by atoms with E-state index in [1.54, 1.807) is 0 Å². The van der Waals surface area contributed by atoms with Crippen LogP contribution in [0.1, 0.15) is 11.5 Å². The van der Waals surface area contributed by atoms with Crippen molar-refractivity contribution in [2.45, 2.75) is 5.92 Å². The molecule has 114 valence electrons. The zero-order valence-electron chi connectivity index (χ0n) is 13.2. The summed E-state index contributed by atoms with van der Waals surface area (Å²) >= 11 is 0. The molecule has 4 heteroatoms. The normalized spacial score (nSPS) is 18.6. The summed E-state index contributed by atoms with van der Waals surface area (Å²) in [6.07, 6.45) is 0. The Balaban J connectivity index is 1.79. The summed E-state index contributed by atoms with van der Waals surface area (Å²) in [7, 11) is 4.24. The van der Waals surface area contributed by atoms with Crippen LogP contribution in [0, 0.1) is 11.3 Å². The Bertz CT molecular complexity index is 444. The lowest BCUT2D eigenvalue weighted by molar-refractivity contribution is 0.124. The zero-order chi connectivity index (χ0) is 15.1. The zero-order valence-corrected chi connectivity index (χ0v) is 13.2. The molecule has 0 aliphatic carbocycles. The van der Waals surface area contributed by atoms with Crippen molar-refractivity contribution in [3.63, 3.8) is 0 Å². The minimum Gasteiger partial charge on any atom is -0.308 e. The maximum absolute atomic E-state index is 9.41. The van der Waals surface area contributed by atoms with Crippen molar-refractivity contribution in [1.29, 1.82) is 5.26 Å². The second-order valence-corrected chi connectivity index (χ2v) is 6.04. The molecular weight excluding hydrogens is 260 g/mol. The predicted octanol–water partition coefficient (Wildman–Crippen LogP) is 1.47. The van der Waals surface area contributed by atoms with Gasteiger partial charge in [-0.1, -0.05) is 30.3 Å². The van der Waals surface area contributed by atoms with Crippen molar-refractivity contribution in [1.82, 2.24) is 14.7 Å². The van der Waals surface area contributed by atoms with Crippen LogP contribution in [0.2, 0.25) is 0 Å². The molecule has 1 saturated heterocycles. The van der Waals surface area contributed by atoms with Crippen molar-refractivity contribution in [3.8, 4) is 6.07 Å². The third kappa shape index (κ3) is 5.13. The summed E-state index contributed by atoms with van der Waals surface area (Å²) in [5, 5.41) is 9.41. The molecule has 1 unspecified atom stereocenters. The van der Waals surface area contributed by atoms with Crippen LogP contribution in [0.3, 0.4) is 0 Å². The highest BCUT2D eigenvalue weighted by Crippen LogP contribution is 2.17. The fraction of sp³-hybridized carbons (Fsp3) is 0.588. The fourth-order valence-electron chi connectivity index (χ4n) is 2.70. The minimum absolute atomic E-state index is 0.0143. The van der Waals surface area contributed by atoms with Gasteiger partial charge in [0.2, 0.25) is 0 Å². The molecule has 0 amide bonds. The van der Waals surface area contributed by atoms with Crippen LogP contribution in [0.4, 0.5) is 0 Å². The number of hydrogen-bond donors (Lipinski definition) is 0. The molecule has 0 aromatic heterocycles. The van der Waals surface area contributed by atoms with E-state index in [1.807, 2.05) is 18.2 Å². The van der Waals surface area contributed by atoms with Gasteiger partial charge in [-0.25, -0.2) is 0 Å². The van der Waals surface area contributed by atoms with Crippen molar-refractivity contribution in [3.05, 3.63) is 35.9 Å². The number of piperazine rings is 1. The summed E-state index contributed by atoms with van der Waals surface area (Å²) in [6, 6.07) is 12.6. The van der Waals surface area contributed by atoms with E-state index in [0.29, 0.717) is 0 Å². The Morgan fingerprint density at radius 1 is 1.10 bits per heavy atom. The minimum atomic E-state index is -0.0143. The van der Waals surface area contributed by atoms with Crippen LogP contribution in [0.15, 0.2) is 30.3 Å². The van der Waals surface area contributed by atoms with Crippen molar-refractivity contribution >= 4 is 0 Å². The van der Waals surface area contributed by atoms with Gasteiger partial charge in [-0.3, -0.25) is 9.80 Å². The summed E-state index contributed by atoms with van der Waals surface area (Å²) < 4.78 is 0. The lowest BCUT2D eigenvalue weighted by Crippen LogP contribution is -2.48. The lowest BCUT2D eigenvalue weighted by Gasteiger charge is -2.36. The van der Waals surface area contributed by atoms with E-state index < -0.39 is 0 Å². The highest BCUT2D eigenvalue weighted by atomic mass is 15.3. The Morgan fingerprint density at radius 2 is 1.71 bits per heavy atom. The van der Waals surface area contributed by atoms with Gasteiger partial charge in [-0.2, -0.15) is 5.26 Å². The van der Waals surface area contributed by atoms with Crippen LogP contribution in [0.25, 0.3) is 0 Å². The van der Waals surface area contributed by atoms with Crippen molar-refractivity contribution in [2.75, 3.05) is 59.9 Å². The van der Waals surface area contributed by atoms with Crippen LogP contribution in [0.5, 0.6) is 0 Å². The molecule has 0 radical (unpaired) electrons. The number of nitriles is 1. The van der Waals surface area contributed by atoms with Crippen LogP contribution in [-0.2, 0) is 0 Å². The maximum Gasteiger partial charge on any atom is 0.0839 e. The first-order valence-electron chi connectivity index (χ1n) is 7.73. The molecule has 4 nitrogen and oxygen atoms in total. The molecule has 21 heavy (non-hydrogen) atoms. The quantitative estimate of drug-likeness (QED) is 0.793. The SMILES string of the molecule is CN(C)CCN1CCN(CC(C#N)c2ccccc2)CC1. The fourth-order valence-corrected chi connectivity index (χ4v) is 2.70. The average Bonchev–Trinajstić information content (AvgIpc) is 2.52. The van der Waals surface area contributed by atoms with E-state index in [0.717, 1.165) is 51.4 Å². The summed E-state index contributed by atoms with van der Waals surface area (Å²) in [5.74, 6) is -0.0143. The van der Waals surface area contributed by atoms with Crippen molar-refractivity contribution in [2.24, 2.45) is 0 Å². The Kier molecular flexibility index (Phi) is 6.19. The number of likely N-dealkylation sites (N-methyl/N-ethyl adjacent to an activating group) is 1. The van der Waals surface area contributed by atoms with Gasteiger partial charge in [-0.05, 0) is 19.7 Å². The molecular formula is C17H26N4. The van der Waals surface area contributed by atoms with E-state index >= 15 is 0 Å². The summed E-state index contributed by atoms with van der Waals surface area (Å²) in [4.78, 5) is 7.17. The summed E-state index contributed by atoms with van der Waals surface area (Å²) in [5.41, 5.74) is 1.13. The largest absolute Gasteiger partial charge is 0.308 e. The molecule has 1 fully saturated rings. The highest BCUT2D eigenvalue weighted by molar-refractivity contribution is 5.25. The van der Waals surface area contributed by atoms with Gasteiger partial charge >= 0.3 is 0 Å². The van der Waals surface area contributed by atoms with Gasteiger partial charge in [-0.15, -0.1) is 0 Å². The first kappa shape index (κ1) is 16.0. The molecule has 1 aromatic rings. The monoisotopic (exact) mass is 286 g/mol. The first-order chi connectivity index (χ1) is 10.2. The van der Waals surface area contributed by atoms with E-state index in [4.69, 9.17) is 0 Å². The smallest absolute Gasteiger partial charge is 0.0839 e. The van der Waals surface area contributed by atoms with Crippen molar-refractivity contribution < 1.29 is 0 Å². The molecule has 0 N–H and O–H groups in total. The second kappa shape index (κ2) is 8.14. The lowest BCUT2D eigenvalue weighted by atomic mass is 10.00. The highest BCUT2D eigenvalue weighted by Gasteiger charge is 2.20. The Hall–Kier alpha value is -1.41. The van der Waals surface area contributed by atoms with E-state index in [1.165, 1.54) is 0 Å². The Morgan fingerprint density at radius 3 is 2.29 bits per heavy atom. The number of nitrogens with zero attached hydrogens (tertiary/aromatic N) is 4. The molecule has 1 aromatic carbocycles. The van der Waals surface area contributed by atoms with Gasteiger partial charge in [0.15, 0.2) is 0 Å². The predicted molar refractivity (Wildman–Crippen MR) is 86.2 cm³/mol. The maximum atomic E-state index is 9.41. The third-order valence-corrected chi connectivity index (χ3v) is 4.13. The van der Waals surface area contributed by atoms with Gasteiger partial charge in [0.25, 0.3) is 0 Å². The number of benzene rings is 1. The summed E-state index contributed by atoms with van der Waals surface area (Å²) in [6.45, 7) is 7.46. The molecule has 0 bridgehead atoms. The van der Waals surface area contributed by atoms with E-state index in [2.05, 4.69) is 47.0 Å². The topological polar surface area (TPSA) is 33.5 Å². The second-order valence-electron chi connectivity index (χ2n) is 6.04. The molecule has 1 heterocycles. The Labute approximate surface area is 128 Å². The molecule has 1 aliphatic heterocycles. The molecule has 2 rings (SSSR count). The molecule has 0 spiro atoms. The van der Waals surface area contributed by atoms with Gasteiger partial charge < -0.3 is 4.90 Å². The average molecular weight is 286 g/mol. The molecule has 0 saturated carbocycles. The number of hydrogen-bond acceptors (Lipinski definition) is 4. The molecule has 1 aliphatic rings. The van der Waals surface area contributed by atoms with Gasteiger partial charge in [0.05, 0.1) is 12.0 Å². The number of rotatable bonds is 6. The third-order valence-electron chi connectivity index (χ3n) is 4.13.